The maximum absolute atomic E-state index is 11.5. The zero-order chi connectivity index (χ0) is 9.97. The molecule has 0 bridgehead atoms. The zero-order valence-electron chi connectivity index (χ0n) is 7.54. The van der Waals surface area contributed by atoms with Gasteiger partial charge in [-0.05, 0) is 6.07 Å². The van der Waals surface area contributed by atoms with E-state index in [9.17, 15) is 9.59 Å². The summed E-state index contributed by atoms with van der Waals surface area (Å²) in [5, 5.41) is 5.88. The van der Waals surface area contributed by atoms with Crippen LogP contribution >= 0.6 is 0 Å². The number of aromatic amines is 1. The van der Waals surface area contributed by atoms with E-state index >= 15 is 0 Å². The highest BCUT2D eigenvalue weighted by molar-refractivity contribution is 5.94. The molecule has 1 aliphatic heterocycles. The molecule has 3 N–H and O–H groups in total. The number of carbonyl (C=O) groups excluding carboxylic acids is 1. The standard InChI is InChI=1S/C9H11N3O2/c13-8-2-1-6(3-11-8)9(14)12-7-4-10-5-7/h1-3,7,10H,4-5H2,(H,11,13)(H,12,14). The third-order valence-corrected chi connectivity index (χ3v) is 2.16. The van der Waals surface area contributed by atoms with E-state index in [4.69, 9.17) is 0 Å². The molecule has 0 aromatic carbocycles. The Morgan fingerprint density at radius 1 is 1.43 bits per heavy atom. The van der Waals surface area contributed by atoms with Crippen LogP contribution in [-0.2, 0) is 0 Å². The molecule has 5 nitrogen and oxygen atoms in total. The van der Waals surface area contributed by atoms with Crippen LogP contribution < -0.4 is 16.2 Å². The lowest BCUT2D eigenvalue weighted by Gasteiger charge is -2.27. The summed E-state index contributed by atoms with van der Waals surface area (Å²) >= 11 is 0. The number of aromatic nitrogens is 1. The highest BCUT2D eigenvalue weighted by Gasteiger charge is 2.19. The molecule has 5 heteroatoms. The van der Waals surface area contributed by atoms with Crippen LogP contribution in [0.1, 0.15) is 10.4 Å². The van der Waals surface area contributed by atoms with E-state index in [1.54, 1.807) is 0 Å². The Morgan fingerprint density at radius 3 is 2.71 bits per heavy atom. The molecule has 0 atom stereocenters. The largest absolute Gasteiger partial charge is 0.347 e. The van der Waals surface area contributed by atoms with Gasteiger partial charge in [0.05, 0.1) is 11.6 Å². The first-order valence-corrected chi connectivity index (χ1v) is 4.46. The van der Waals surface area contributed by atoms with Gasteiger partial charge in [-0.25, -0.2) is 0 Å². The van der Waals surface area contributed by atoms with Crippen LogP contribution in [-0.4, -0.2) is 30.0 Å². The summed E-state index contributed by atoms with van der Waals surface area (Å²) in [7, 11) is 0. The summed E-state index contributed by atoms with van der Waals surface area (Å²) in [6.07, 6.45) is 1.42. The first-order chi connectivity index (χ1) is 6.75. The van der Waals surface area contributed by atoms with E-state index in [1.165, 1.54) is 18.3 Å². The van der Waals surface area contributed by atoms with Crippen LogP contribution in [0.5, 0.6) is 0 Å². The molecule has 0 radical (unpaired) electrons. The van der Waals surface area contributed by atoms with Crippen molar-refractivity contribution in [3.8, 4) is 0 Å². The van der Waals surface area contributed by atoms with Gasteiger partial charge in [-0.2, -0.15) is 0 Å². The number of amides is 1. The monoisotopic (exact) mass is 193 g/mol. The lowest BCUT2D eigenvalue weighted by molar-refractivity contribution is 0.0923. The normalized spacial score (nSPS) is 16.0. The van der Waals surface area contributed by atoms with Crippen LogP contribution in [0.3, 0.4) is 0 Å². The van der Waals surface area contributed by atoms with Gasteiger partial charge in [0.2, 0.25) is 5.56 Å². The number of hydrogen-bond donors (Lipinski definition) is 3. The van der Waals surface area contributed by atoms with Gasteiger partial charge in [0, 0.05) is 25.4 Å². The summed E-state index contributed by atoms with van der Waals surface area (Å²) in [5.74, 6) is -0.146. The SMILES string of the molecule is O=C(NC1CNC1)c1ccc(=O)[nH]c1. The van der Waals surface area contributed by atoms with Gasteiger partial charge in [-0.1, -0.05) is 0 Å². The number of carbonyl (C=O) groups is 1. The van der Waals surface area contributed by atoms with E-state index in [0.29, 0.717) is 5.56 Å². The lowest BCUT2D eigenvalue weighted by atomic mass is 10.1. The maximum Gasteiger partial charge on any atom is 0.253 e. The average molecular weight is 193 g/mol. The van der Waals surface area contributed by atoms with E-state index in [-0.39, 0.29) is 17.5 Å². The smallest absolute Gasteiger partial charge is 0.253 e. The van der Waals surface area contributed by atoms with E-state index < -0.39 is 0 Å². The van der Waals surface area contributed by atoms with Gasteiger partial charge in [0.25, 0.3) is 5.91 Å². The first-order valence-electron chi connectivity index (χ1n) is 4.46. The van der Waals surface area contributed by atoms with Gasteiger partial charge in [-0.15, -0.1) is 0 Å². The number of pyridine rings is 1. The Labute approximate surface area is 80.5 Å². The van der Waals surface area contributed by atoms with Crippen LogP contribution in [0, 0.1) is 0 Å². The fraction of sp³-hybridized carbons (Fsp3) is 0.333. The van der Waals surface area contributed by atoms with Crippen molar-refractivity contribution in [1.82, 2.24) is 15.6 Å². The molecule has 1 aromatic heterocycles. The van der Waals surface area contributed by atoms with Crippen molar-refractivity contribution >= 4 is 5.91 Å². The quantitative estimate of drug-likeness (QED) is 0.568. The molecule has 2 heterocycles. The van der Waals surface area contributed by atoms with Crippen LogP contribution in [0.4, 0.5) is 0 Å². The molecule has 1 amide bonds. The molecule has 2 rings (SSSR count). The highest BCUT2D eigenvalue weighted by atomic mass is 16.2. The van der Waals surface area contributed by atoms with Gasteiger partial charge in [0.1, 0.15) is 0 Å². The Kier molecular flexibility index (Phi) is 2.32. The lowest BCUT2D eigenvalue weighted by Crippen LogP contribution is -2.56. The summed E-state index contributed by atoms with van der Waals surface area (Å²) in [6, 6.07) is 3.07. The summed E-state index contributed by atoms with van der Waals surface area (Å²) in [5.41, 5.74) is 0.281. The van der Waals surface area contributed by atoms with Crippen molar-refractivity contribution in [2.45, 2.75) is 6.04 Å². The fourth-order valence-corrected chi connectivity index (χ4v) is 1.21. The van der Waals surface area contributed by atoms with Crippen LogP contribution in [0.15, 0.2) is 23.1 Å². The Hall–Kier alpha value is -1.62. The molecule has 14 heavy (non-hydrogen) atoms. The van der Waals surface area contributed by atoms with Crippen molar-refractivity contribution in [1.29, 1.82) is 0 Å². The maximum atomic E-state index is 11.5. The Balaban J connectivity index is 2.03. The Bertz CT molecular complexity index is 375. The van der Waals surface area contributed by atoms with E-state index in [1.807, 2.05) is 0 Å². The average Bonchev–Trinajstić information content (AvgIpc) is 2.12. The third-order valence-electron chi connectivity index (χ3n) is 2.16. The van der Waals surface area contributed by atoms with Gasteiger partial charge in [0.15, 0.2) is 0 Å². The topological polar surface area (TPSA) is 74.0 Å². The molecule has 0 aliphatic carbocycles. The third kappa shape index (κ3) is 1.82. The summed E-state index contributed by atoms with van der Waals surface area (Å²) in [4.78, 5) is 24.7. The second kappa shape index (κ2) is 3.63. The predicted octanol–water partition coefficient (Wildman–Crippen LogP) is -0.924. The second-order valence-corrected chi connectivity index (χ2v) is 3.27. The number of hydrogen-bond acceptors (Lipinski definition) is 3. The van der Waals surface area contributed by atoms with Crippen molar-refractivity contribution in [3.63, 3.8) is 0 Å². The van der Waals surface area contributed by atoms with Crippen molar-refractivity contribution < 1.29 is 4.79 Å². The van der Waals surface area contributed by atoms with Crippen LogP contribution in [0.2, 0.25) is 0 Å². The second-order valence-electron chi connectivity index (χ2n) is 3.27. The fourth-order valence-electron chi connectivity index (χ4n) is 1.21. The predicted molar refractivity (Wildman–Crippen MR) is 51.2 cm³/mol. The van der Waals surface area contributed by atoms with Crippen molar-refractivity contribution in [3.05, 3.63) is 34.2 Å². The molecule has 74 valence electrons. The van der Waals surface area contributed by atoms with E-state index in [2.05, 4.69) is 15.6 Å². The first kappa shape index (κ1) is 8.96. The zero-order valence-corrected chi connectivity index (χ0v) is 7.54. The van der Waals surface area contributed by atoms with Crippen molar-refractivity contribution in [2.75, 3.05) is 13.1 Å². The highest BCUT2D eigenvalue weighted by Crippen LogP contribution is 1.96. The van der Waals surface area contributed by atoms with E-state index in [0.717, 1.165) is 13.1 Å². The van der Waals surface area contributed by atoms with Crippen molar-refractivity contribution in [2.24, 2.45) is 0 Å². The van der Waals surface area contributed by atoms with Crippen LogP contribution in [0.25, 0.3) is 0 Å². The summed E-state index contributed by atoms with van der Waals surface area (Å²) < 4.78 is 0. The number of H-pyrrole nitrogens is 1. The number of nitrogens with one attached hydrogen (secondary N) is 3. The van der Waals surface area contributed by atoms with Gasteiger partial charge >= 0.3 is 0 Å². The molecular weight excluding hydrogens is 182 g/mol. The molecule has 1 aliphatic rings. The van der Waals surface area contributed by atoms with Gasteiger partial charge < -0.3 is 15.6 Å². The molecule has 0 spiro atoms. The minimum absolute atomic E-state index is 0.146. The number of rotatable bonds is 2. The molecule has 1 saturated heterocycles. The Morgan fingerprint density at radius 2 is 2.21 bits per heavy atom. The molecule has 0 unspecified atom stereocenters. The minimum Gasteiger partial charge on any atom is -0.347 e. The molecule has 1 fully saturated rings. The molecule has 0 saturated carbocycles. The molecular formula is C9H11N3O2. The minimum atomic E-state index is -0.202. The molecule has 1 aromatic rings. The van der Waals surface area contributed by atoms with Gasteiger partial charge in [-0.3, -0.25) is 9.59 Å². The summed E-state index contributed by atoms with van der Waals surface area (Å²) in [6.45, 7) is 1.63.